The highest BCUT2D eigenvalue weighted by Gasteiger charge is 2.51. The Bertz CT molecular complexity index is 2260. The smallest absolute Gasteiger partial charge is 0.182 e. The SMILES string of the molecule is c1ccc(-c2nc(-c3ccc(-c4ccc(-c5ccccc5)c5ocnc45)cc3)nc(-c3ccc(C45CC6CC(CC(C6)C4)C5)cc3)n2)cc1. The van der Waals surface area contributed by atoms with Gasteiger partial charge in [-0.25, -0.2) is 19.9 Å². The van der Waals surface area contributed by atoms with Gasteiger partial charge in [-0.15, -0.1) is 0 Å². The molecule has 4 saturated carbocycles. The minimum absolute atomic E-state index is 0.369. The van der Waals surface area contributed by atoms with Crippen molar-refractivity contribution in [2.24, 2.45) is 17.8 Å². The molecule has 0 N–H and O–H groups in total. The Morgan fingerprint density at radius 1 is 0.469 bits per heavy atom. The highest BCUT2D eigenvalue weighted by atomic mass is 16.3. The molecule has 0 amide bonds. The third-order valence-electron chi connectivity index (χ3n) is 11.5. The van der Waals surface area contributed by atoms with Crippen molar-refractivity contribution in [3.05, 3.63) is 133 Å². The molecule has 2 heterocycles. The summed E-state index contributed by atoms with van der Waals surface area (Å²) in [6.07, 6.45) is 9.99. The Balaban J connectivity index is 1.00. The number of fused-ring (bicyclic) bond motifs is 1. The van der Waals surface area contributed by atoms with Crippen LogP contribution in [-0.2, 0) is 5.41 Å². The van der Waals surface area contributed by atoms with Crippen LogP contribution in [-0.4, -0.2) is 19.9 Å². The maximum Gasteiger partial charge on any atom is 0.182 e. The van der Waals surface area contributed by atoms with Crippen LogP contribution in [0.1, 0.15) is 44.1 Å². The summed E-state index contributed by atoms with van der Waals surface area (Å²) >= 11 is 0. The Morgan fingerprint density at radius 2 is 0.918 bits per heavy atom. The number of aromatic nitrogens is 4. The summed E-state index contributed by atoms with van der Waals surface area (Å²) in [5.41, 5.74) is 10.7. The molecule has 4 fully saturated rings. The summed E-state index contributed by atoms with van der Waals surface area (Å²) in [5.74, 6) is 4.81. The van der Waals surface area contributed by atoms with Gasteiger partial charge in [-0.1, -0.05) is 115 Å². The van der Waals surface area contributed by atoms with Gasteiger partial charge in [0.1, 0.15) is 5.52 Å². The summed E-state index contributed by atoms with van der Waals surface area (Å²) in [6, 6.07) is 42.4. The number of rotatable bonds is 6. The quantitative estimate of drug-likeness (QED) is 0.182. The molecule has 0 atom stereocenters. The topological polar surface area (TPSA) is 64.7 Å². The van der Waals surface area contributed by atoms with Crippen LogP contribution in [0, 0.1) is 17.8 Å². The molecular weight excluding hydrogens is 601 g/mol. The van der Waals surface area contributed by atoms with Gasteiger partial charge in [-0.05, 0) is 84.5 Å². The van der Waals surface area contributed by atoms with Crippen molar-refractivity contribution in [2.45, 2.75) is 43.9 Å². The Labute approximate surface area is 286 Å². The second-order valence-corrected chi connectivity index (χ2v) is 14.6. The number of hydrogen-bond donors (Lipinski definition) is 0. The predicted molar refractivity (Wildman–Crippen MR) is 194 cm³/mol. The van der Waals surface area contributed by atoms with Crippen molar-refractivity contribution >= 4 is 11.1 Å². The first kappa shape index (κ1) is 28.6. The van der Waals surface area contributed by atoms with E-state index < -0.39 is 0 Å². The Morgan fingerprint density at radius 3 is 1.49 bits per heavy atom. The van der Waals surface area contributed by atoms with Gasteiger partial charge in [0.25, 0.3) is 0 Å². The van der Waals surface area contributed by atoms with E-state index in [2.05, 4.69) is 89.9 Å². The fourth-order valence-electron chi connectivity index (χ4n) is 9.61. The van der Waals surface area contributed by atoms with E-state index in [1.165, 1.54) is 50.5 Å². The normalized spacial score (nSPS) is 22.5. The number of oxazole rings is 1. The molecule has 5 aromatic carbocycles. The summed E-state index contributed by atoms with van der Waals surface area (Å²) < 4.78 is 5.90. The standard InChI is InChI=1S/C44H36N4O/c1-3-7-31(8-4-1)38-20-19-37(39-40(38)49-27-45-39)32-11-13-34(14-12-32)42-46-41(33-9-5-2-6-10-33)47-43(48-42)35-15-17-36(18-16-35)44-24-28-21-29(25-44)23-30(22-28)26-44/h1-20,27-30H,21-26H2. The van der Waals surface area contributed by atoms with Crippen LogP contribution < -0.4 is 0 Å². The third kappa shape index (κ3) is 4.99. The van der Waals surface area contributed by atoms with Gasteiger partial charge in [0.05, 0.1) is 0 Å². The minimum atomic E-state index is 0.369. The maximum atomic E-state index is 5.90. The molecule has 0 spiro atoms. The van der Waals surface area contributed by atoms with E-state index in [1.54, 1.807) is 0 Å². The van der Waals surface area contributed by atoms with Crippen molar-refractivity contribution in [2.75, 3.05) is 0 Å². The van der Waals surface area contributed by atoms with E-state index in [-0.39, 0.29) is 0 Å². The first-order valence-electron chi connectivity index (χ1n) is 17.6. The van der Waals surface area contributed by atoms with Crippen LogP contribution in [0.15, 0.2) is 132 Å². The second-order valence-electron chi connectivity index (χ2n) is 14.6. The molecule has 11 rings (SSSR count). The lowest BCUT2D eigenvalue weighted by molar-refractivity contribution is -0.00518. The first-order chi connectivity index (χ1) is 24.2. The first-order valence-corrected chi connectivity index (χ1v) is 17.6. The number of nitrogens with zero attached hydrogens (tertiary/aromatic N) is 4. The summed E-state index contributed by atoms with van der Waals surface area (Å²) in [7, 11) is 0. The predicted octanol–water partition coefficient (Wildman–Crippen LogP) is 10.8. The van der Waals surface area contributed by atoms with E-state index in [4.69, 9.17) is 19.4 Å². The molecule has 2 aromatic heterocycles. The molecule has 49 heavy (non-hydrogen) atoms. The van der Waals surface area contributed by atoms with Crippen molar-refractivity contribution < 1.29 is 4.42 Å². The summed E-state index contributed by atoms with van der Waals surface area (Å²) in [4.78, 5) is 19.7. The van der Waals surface area contributed by atoms with Crippen LogP contribution in [0.2, 0.25) is 0 Å². The lowest BCUT2D eigenvalue weighted by atomic mass is 9.48. The fraction of sp³-hybridized carbons (Fsp3) is 0.227. The van der Waals surface area contributed by atoms with E-state index in [0.717, 1.165) is 67.8 Å². The van der Waals surface area contributed by atoms with Gasteiger partial charge < -0.3 is 4.42 Å². The Kier molecular flexibility index (Phi) is 6.61. The van der Waals surface area contributed by atoms with Gasteiger partial charge in [0, 0.05) is 27.8 Å². The number of hydrogen-bond acceptors (Lipinski definition) is 5. The highest BCUT2D eigenvalue weighted by Crippen LogP contribution is 2.60. The fourth-order valence-corrected chi connectivity index (χ4v) is 9.61. The zero-order valence-electron chi connectivity index (χ0n) is 27.3. The van der Waals surface area contributed by atoms with Crippen LogP contribution in [0.3, 0.4) is 0 Å². The molecule has 0 aliphatic heterocycles. The molecule has 0 unspecified atom stereocenters. The average Bonchev–Trinajstić information content (AvgIpc) is 3.65. The summed E-state index contributed by atoms with van der Waals surface area (Å²) in [6.45, 7) is 0. The van der Waals surface area contributed by atoms with Crippen molar-refractivity contribution in [1.82, 2.24) is 19.9 Å². The third-order valence-corrected chi connectivity index (χ3v) is 11.5. The van der Waals surface area contributed by atoms with Crippen molar-refractivity contribution in [3.63, 3.8) is 0 Å². The van der Waals surface area contributed by atoms with E-state index in [1.807, 2.05) is 36.4 Å². The lowest BCUT2D eigenvalue weighted by Gasteiger charge is -2.57. The van der Waals surface area contributed by atoms with Crippen molar-refractivity contribution in [3.8, 4) is 56.4 Å². The van der Waals surface area contributed by atoms with E-state index in [9.17, 15) is 0 Å². The second kappa shape index (κ2) is 11.3. The molecule has 4 aliphatic rings. The van der Waals surface area contributed by atoms with Crippen LogP contribution >= 0.6 is 0 Å². The molecule has 4 bridgehead atoms. The van der Waals surface area contributed by atoms with Gasteiger partial charge in [0.15, 0.2) is 29.4 Å². The summed E-state index contributed by atoms with van der Waals surface area (Å²) in [5, 5.41) is 0. The zero-order valence-corrected chi connectivity index (χ0v) is 27.3. The minimum Gasteiger partial charge on any atom is -0.443 e. The molecule has 4 aliphatic carbocycles. The van der Waals surface area contributed by atoms with Gasteiger partial charge >= 0.3 is 0 Å². The zero-order chi connectivity index (χ0) is 32.4. The average molecular weight is 637 g/mol. The monoisotopic (exact) mass is 636 g/mol. The molecule has 238 valence electrons. The van der Waals surface area contributed by atoms with Crippen LogP contribution in [0.25, 0.3) is 67.5 Å². The molecule has 0 saturated heterocycles. The largest absolute Gasteiger partial charge is 0.443 e. The maximum absolute atomic E-state index is 5.90. The van der Waals surface area contributed by atoms with E-state index >= 15 is 0 Å². The van der Waals surface area contributed by atoms with Gasteiger partial charge in [0.2, 0.25) is 0 Å². The molecule has 7 aromatic rings. The Hall–Kier alpha value is -5.42. The van der Waals surface area contributed by atoms with Crippen LogP contribution in [0.5, 0.6) is 0 Å². The van der Waals surface area contributed by atoms with E-state index in [0.29, 0.717) is 22.9 Å². The highest BCUT2D eigenvalue weighted by molar-refractivity contribution is 5.99. The van der Waals surface area contributed by atoms with Gasteiger partial charge in [-0.2, -0.15) is 0 Å². The molecule has 5 nitrogen and oxygen atoms in total. The molecule has 5 heteroatoms. The van der Waals surface area contributed by atoms with Gasteiger partial charge in [-0.3, -0.25) is 0 Å². The molecular formula is C44H36N4O. The lowest BCUT2D eigenvalue weighted by Crippen LogP contribution is -2.48. The van der Waals surface area contributed by atoms with Crippen LogP contribution in [0.4, 0.5) is 0 Å². The molecule has 0 radical (unpaired) electrons. The van der Waals surface area contributed by atoms with Crippen molar-refractivity contribution in [1.29, 1.82) is 0 Å². The number of benzene rings is 5.